The highest BCUT2D eigenvalue weighted by Crippen LogP contribution is 2.16. The third kappa shape index (κ3) is 3.26. The number of rotatable bonds is 5. The van der Waals surface area contributed by atoms with Gasteiger partial charge < -0.3 is 15.0 Å². The first-order valence-corrected chi connectivity index (χ1v) is 7.75. The maximum absolute atomic E-state index is 4.66. The van der Waals surface area contributed by atoms with Crippen LogP contribution < -0.4 is 0 Å². The molecular weight excluding hydrogens is 284 g/mol. The Hall–Kier alpha value is -3.01. The maximum atomic E-state index is 4.66. The Morgan fingerprint density at radius 3 is 2.35 bits per heavy atom. The number of aromatic amines is 3. The van der Waals surface area contributed by atoms with Gasteiger partial charge in [-0.25, -0.2) is 0 Å². The van der Waals surface area contributed by atoms with Gasteiger partial charge in [0, 0.05) is 53.7 Å². The molecule has 4 rings (SSSR count). The highest BCUT2D eigenvalue weighted by Gasteiger charge is 2.07. The fourth-order valence-corrected chi connectivity index (χ4v) is 2.76. The van der Waals surface area contributed by atoms with Crippen LogP contribution in [0.3, 0.4) is 0 Å². The minimum Gasteiger partial charge on any atom is -0.365 e. The molecule has 114 valence electrons. The first-order valence-electron chi connectivity index (χ1n) is 7.75. The summed E-state index contributed by atoms with van der Waals surface area (Å²) in [4.78, 5) is 14.5. The van der Waals surface area contributed by atoms with Crippen LogP contribution in [-0.2, 0) is 12.8 Å². The van der Waals surface area contributed by atoms with Gasteiger partial charge in [0.05, 0.1) is 5.70 Å². The lowest BCUT2D eigenvalue weighted by Gasteiger charge is -1.96. The Morgan fingerprint density at radius 2 is 1.61 bits per heavy atom. The average molecular weight is 302 g/mol. The van der Waals surface area contributed by atoms with Gasteiger partial charge in [0.2, 0.25) is 0 Å². The van der Waals surface area contributed by atoms with E-state index in [1.807, 2.05) is 24.5 Å². The minimum atomic E-state index is 0.837. The monoisotopic (exact) mass is 302 g/mol. The van der Waals surface area contributed by atoms with E-state index in [4.69, 9.17) is 0 Å². The lowest BCUT2D eigenvalue weighted by Crippen LogP contribution is -1.96. The number of hydrogen-bond donors (Lipinski definition) is 3. The van der Waals surface area contributed by atoms with Gasteiger partial charge in [-0.3, -0.25) is 4.99 Å². The van der Waals surface area contributed by atoms with Crippen LogP contribution in [-0.4, -0.2) is 20.7 Å². The summed E-state index contributed by atoms with van der Waals surface area (Å²) in [7, 11) is 0. The molecule has 1 aliphatic heterocycles. The van der Waals surface area contributed by atoms with Crippen molar-refractivity contribution < 1.29 is 0 Å². The number of aliphatic imine (C=N–C) groups is 1. The van der Waals surface area contributed by atoms with E-state index in [1.54, 1.807) is 0 Å². The summed E-state index contributed by atoms with van der Waals surface area (Å²) < 4.78 is 0. The molecule has 1 aliphatic rings. The average Bonchev–Trinajstić information content (AvgIpc) is 3.31. The fraction of sp³-hybridized carbons (Fsp3) is 0.105. The topological polar surface area (TPSA) is 59.7 Å². The molecule has 0 aliphatic carbocycles. The highest BCUT2D eigenvalue weighted by molar-refractivity contribution is 6.00. The van der Waals surface area contributed by atoms with E-state index in [2.05, 4.69) is 62.4 Å². The number of allylic oxidation sites excluding steroid dienone is 2. The van der Waals surface area contributed by atoms with Crippen LogP contribution in [0.2, 0.25) is 0 Å². The molecule has 23 heavy (non-hydrogen) atoms. The van der Waals surface area contributed by atoms with Crippen LogP contribution in [0.4, 0.5) is 0 Å². The molecule has 0 saturated heterocycles. The predicted octanol–water partition coefficient (Wildman–Crippen LogP) is 3.86. The van der Waals surface area contributed by atoms with Crippen LogP contribution in [0.1, 0.15) is 22.8 Å². The second-order valence-electron chi connectivity index (χ2n) is 5.69. The maximum Gasteiger partial charge on any atom is 0.0654 e. The molecule has 0 atom stereocenters. The molecule has 3 N–H and O–H groups in total. The lowest BCUT2D eigenvalue weighted by molar-refractivity contribution is 1.05. The number of H-pyrrole nitrogens is 3. The molecule has 3 aromatic heterocycles. The SMILES string of the molecule is C1=CC(Cc2ccc[nH]2)=NC1=Cc1ccc(Cc2ccc[nH]2)[nH]1. The van der Waals surface area contributed by atoms with Gasteiger partial charge in [0.25, 0.3) is 0 Å². The lowest BCUT2D eigenvalue weighted by atomic mass is 10.2. The van der Waals surface area contributed by atoms with E-state index in [-0.39, 0.29) is 0 Å². The Bertz CT molecular complexity index is 859. The van der Waals surface area contributed by atoms with Crippen LogP contribution in [0.25, 0.3) is 6.08 Å². The Kier molecular flexibility index (Phi) is 3.56. The normalized spacial score (nSPS) is 15.5. The van der Waals surface area contributed by atoms with Crippen molar-refractivity contribution in [1.29, 1.82) is 0 Å². The van der Waals surface area contributed by atoms with Gasteiger partial charge >= 0.3 is 0 Å². The standard InChI is InChI=1S/C19H18N4/c1-3-14(20-9-1)11-16-5-7-18(22-16)13-19-8-6-17(23-19)12-15-4-2-10-21-15/h1-10,13,20-22H,11-12H2. The fourth-order valence-electron chi connectivity index (χ4n) is 2.76. The smallest absolute Gasteiger partial charge is 0.0654 e. The molecule has 0 saturated carbocycles. The molecule has 0 bridgehead atoms. The van der Waals surface area contributed by atoms with Crippen LogP contribution in [0.15, 0.2) is 71.6 Å². The van der Waals surface area contributed by atoms with Gasteiger partial charge in [-0.2, -0.15) is 0 Å². The summed E-state index contributed by atoms with van der Waals surface area (Å²) in [6, 6.07) is 12.4. The third-order valence-electron chi connectivity index (χ3n) is 3.87. The molecule has 0 unspecified atom stereocenters. The zero-order valence-corrected chi connectivity index (χ0v) is 12.7. The molecule has 0 fully saturated rings. The van der Waals surface area contributed by atoms with Crippen LogP contribution in [0, 0.1) is 0 Å². The number of aromatic nitrogens is 3. The van der Waals surface area contributed by atoms with E-state index < -0.39 is 0 Å². The minimum absolute atomic E-state index is 0.837. The van der Waals surface area contributed by atoms with Crippen LogP contribution >= 0.6 is 0 Å². The summed E-state index contributed by atoms with van der Waals surface area (Å²) >= 11 is 0. The molecule has 4 heterocycles. The second-order valence-corrected chi connectivity index (χ2v) is 5.69. The van der Waals surface area contributed by atoms with Gasteiger partial charge in [-0.05, 0) is 54.6 Å². The summed E-state index contributed by atoms with van der Waals surface area (Å²) in [5, 5.41) is 0. The molecule has 4 heteroatoms. The van der Waals surface area contributed by atoms with Crippen molar-refractivity contribution in [3.63, 3.8) is 0 Å². The first kappa shape index (κ1) is 13.6. The molecule has 0 aromatic carbocycles. The molecule has 3 aromatic rings. The second kappa shape index (κ2) is 6.01. The summed E-state index contributed by atoms with van der Waals surface area (Å²) in [6.45, 7) is 0. The zero-order chi connectivity index (χ0) is 15.5. The van der Waals surface area contributed by atoms with Crippen molar-refractivity contribution in [2.75, 3.05) is 0 Å². The molecular formula is C19H18N4. The molecule has 4 nitrogen and oxygen atoms in total. The highest BCUT2D eigenvalue weighted by atomic mass is 14.8. The van der Waals surface area contributed by atoms with Gasteiger partial charge in [-0.1, -0.05) is 0 Å². The zero-order valence-electron chi connectivity index (χ0n) is 12.7. The Labute approximate surface area is 134 Å². The van der Waals surface area contributed by atoms with Crippen LogP contribution in [0.5, 0.6) is 0 Å². The van der Waals surface area contributed by atoms with Gasteiger partial charge in [0.15, 0.2) is 0 Å². The van der Waals surface area contributed by atoms with Crippen molar-refractivity contribution in [3.8, 4) is 0 Å². The van der Waals surface area contributed by atoms with E-state index in [0.717, 1.165) is 29.9 Å². The van der Waals surface area contributed by atoms with E-state index in [0.29, 0.717) is 0 Å². The number of nitrogens with one attached hydrogen (secondary N) is 3. The van der Waals surface area contributed by atoms with Crippen molar-refractivity contribution in [2.45, 2.75) is 12.8 Å². The molecule has 0 amide bonds. The summed E-state index contributed by atoms with van der Waals surface area (Å²) in [5.41, 5.74) is 6.73. The summed E-state index contributed by atoms with van der Waals surface area (Å²) in [6.07, 6.45) is 11.8. The van der Waals surface area contributed by atoms with E-state index >= 15 is 0 Å². The first-order chi connectivity index (χ1) is 11.3. The Balaban J connectivity index is 1.45. The van der Waals surface area contributed by atoms with Gasteiger partial charge in [-0.15, -0.1) is 0 Å². The Morgan fingerprint density at radius 1 is 0.826 bits per heavy atom. The molecule has 0 radical (unpaired) electrons. The number of hydrogen-bond acceptors (Lipinski definition) is 1. The largest absolute Gasteiger partial charge is 0.365 e. The van der Waals surface area contributed by atoms with E-state index in [1.165, 1.54) is 17.1 Å². The third-order valence-corrected chi connectivity index (χ3v) is 3.87. The number of nitrogens with zero attached hydrogens (tertiary/aromatic N) is 1. The van der Waals surface area contributed by atoms with Crippen molar-refractivity contribution in [3.05, 3.63) is 89.4 Å². The van der Waals surface area contributed by atoms with Crippen molar-refractivity contribution in [1.82, 2.24) is 15.0 Å². The molecule has 0 spiro atoms. The quantitative estimate of drug-likeness (QED) is 0.641. The predicted molar refractivity (Wildman–Crippen MR) is 93.4 cm³/mol. The van der Waals surface area contributed by atoms with E-state index in [9.17, 15) is 0 Å². The van der Waals surface area contributed by atoms with Crippen molar-refractivity contribution in [2.24, 2.45) is 4.99 Å². The summed E-state index contributed by atoms with van der Waals surface area (Å²) in [5.74, 6) is 0. The van der Waals surface area contributed by atoms with Gasteiger partial charge in [0.1, 0.15) is 0 Å². The van der Waals surface area contributed by atoms with Crippen molar-refractivity contribution >= 4 is 11.8 Å².